The Morgan fingerprint density at radius 1 is 0.810 bits per heavy atom. The van der Waals surface area contributed by atoms with Crippen molar-refractivity contribution in [2.75, 3.05) is 31.2 Å². The molecule has 0 unspecified atom stereocenters. The highest BCUT2D eigenvalue weighted by molar-refractivity contribution is 5.46. The van der Waals surface area contributed by atoms with Gasteiger partial charge in [-0.3, -0.25) is 0 Å². The molecular formula is C18H23NO2. The second-order valence-electron chi connectivity index (χ2n) is 4.64. The van der Waals surface area contributed by atoms with Gasteiger partial charge in [-0.25, -0.2) is 0 Å². The van der Waals surface area contributed by atoms with Crippen molar-refractivity contribution in [3.05, 3.63) is 54.6 Å². The zero-order chi connectivity index (χ0) is 14.9. The van der Waals surface area contributed by atoms with Gasteiger partial charge >= 0.3 is 0 Å². The normalized spacial score (nSPS) is 10.2. The van der Waals surface area contributed by atoms with Gasteiger partial charge in [0.25, 0.3) is 0 Å². The minimum Gasteiger partial charge on any atom is -0.490 e. The third-order valence-corrected chi connectivity index (χ3v) is 3.27. The van der Waals surface area contributed by atoms with Crippen molar-refractivity contribution in [1.82, 2.24) is 0 Å². The van der Waals surface area contributed by atoms with E-state index in [1.165, 1.54) is 5.69 Å². The number of anilines is 1. The number of likely N-dealkylation sites (N-methyl/N-ethyl adjacent to an activating group) is 1. The molecule has 0 aliphatic carbocycles. The quantitative estimate of drug-likeness (QED) is 0.732. The molecule has 0 N–H and O–H groups in total. The summed E-state index contributed by atoms with van der Waals surface area (Å²) in [6.07, 6.45) is 0. The van der Waals surface area contributed by atoms with Gasteiger partial charge < -0.3 is 14.4 Å². The first-order chi connectivity index (χ1) is 10.3. The lowest BCUT2D eigenvalue weighted by atomic mass is 10.3. The first kappa shape index (κ1) is 15.2. The molecule has 2 rings (SSSR count). The van der Waals surface area contributed by atoms with E-state index in [9.17, 15) is 0 Å². The van der Waals surface area contributed by atoms with E-state index < -0.39 is 0 Å². The maximum absolute atomic E-state index is 5.88. The Balaban J connectivity index is 1.91. The van der Waals surface area contributed by atoms with Crippen LogP contribution in [0.4, 0.5) is 5.69 Å². The molecule has 0 aromatic heterocycles. The lowest BCUT2D eigenvalue weighted by Gasteiger charge is -2.23. The average molecular weight is 285 g/mol. The molecule has 0 amide bonds. The SMILES string of the molecule is CCOc1ccccc1OCCN(CC)c1ccccc1. The van der Waals surface area contributed by atoms with Crippen LogP contribution in [0.25, 0.3) is 0 Å². The van der Waals surface area contributed by atoms with E-state index in [1.54, 1.807) is 0 Å². The van der Waals surface area contributed by atoms with Gasteiger partial charge in [0.2, 0.25) is 0 Å². The zero-order valence-electron chi connectivity index (χ0n) is 12.8. The molecule has 0 spiro atoms. The maximum atomic E-state index is 5.88. The topological polar surface area (TPSA) is 21.7 Å². The molecule has 0 bridgehead atoms. The van der Waals surface area contributed by atoms with Gasteiger partial charge in [-0.15, -0.1) is 0 Å². The van der Waals surface area contributed by atoms with Crippen LogP contribution in [-0.4, -0.2) is 26.3 Å². The van der Waals surface area contributed by atoms with Crippen molar-refractivity contribution in [2.24, 2.45) is 0 Å². The summed E-state index contributed by atoms with van der Waals surface area (Å²) >= 11 is 0. The monoisotopic (exact) mass is 285 g/mol. The van der Waals surface area contributed by atoms with Crippen LogP contribution >= 0.6 is 0 Å². The van der Waals surface area contributed by atoms with Crippen molar-refractivity contribution < 1.29 is 9.47 Å². The van der Waals surface area contributed by atoms with E-state index in [1.807, 2.05) is 37.3 Å². The fourth-order valence-electron chi connectivity index (χ4n) is 2.22. The van der Waals surface area contributed by atoms with Crippen LogP contribution < -0.4 is 14.4 Å². The van der Waals surface area contributed by atoms with Crippen LogP contribution in [0.1, 0.15) is 13.8 Å². The van der Waals surface area contributed by atoms with Crippen molar-refractivity contribution in [1.29, 1.82) is 0 Å². The first-order valence-electron chi connectivity index (χ1n) is 7.49. The minimum atomic E-state index is 0.632. The van der Waals surface area contributed by atoms with Gasteiger partial charge in [0.1, 0.15) is 6.61 Å². The standard InChI is InChI=1S/C18H23NO2/c1-3-19(16-10-6-5-7-11-16)14-15-21-18-13-9-8-12-17(18)20-4-2/h5-13H,3-4,14-15H2,1-2H3. The maximum Gasteiger partial charge on any atom is 0.161 e. The molecule has 2 aromatic carbocycles. The van der Waals surface area contributed by atoms with Crippen molar-refractivity contribution in [2.45, 2.75) is 13.8 Å². The van der Waals surface area contributed by atoms with Crippen LogP contribution in [-0.2, 0) is 0 Å². The number of rotatable bonds is 8. The summed E-state index contributed by atoms with van der Waals surface area (Å²) in [6.45, 7) is 7.21. The van der Waals surface area contributed by atoms with Gasteiger partial charge in [0, 0.05) is 12.2 Å². The van der Waals surface area contributed by atoms with Crippen molar-refractivity contribution in [3.63, 3.8) is 0 Å². The highest BCUT2D eigenvalue weighted by atomic mass is 16.5. The molecule has 0 aliphatic heterocycles. The van der Waals surface area contributed by atoms with E-state index in [2.05, 4.69) is 36.1 Å². The van der Waals surface area contributed by atoms with Gasteiger partial charge in [-0.05, 0) is 38.1 Å². The lowest BCUT2D eigenvalue weighted by molar-refractivity contribution is 0.281. The summed E-state index contributed by atoms with van der Waals surface area (Å²) in [6, 6.07) is 18.2. The Labute approximate surface area is 127 Å². The van der Waals surface area contributed by atoms with E-state index >= 15 is 0 Å². The van der Waals surface area contributed by atoms with Crippen molar-refractivity contribution in [3.8, 4) is 11.5 Å². The Hall–Kier alpha value is -2.16. The van der Waals surface area contributed by atoms with Gasteiger partial charge in [-0.2, -0.15) is 0 Å². The second-order valence-corrected chi connectivity index (χ2v) is 4.64. The van der Waals surface area contributed by atoms with Crippen LogP contribution in [0.2, 0.25) is 0 Å². The minimum absolute atomic E-state index is 0.632. The van der Waals surface area contributed by atoms with Gasteiger partial charge in [0.15, 0.2) is 11.5 Å². The van der Waals surface area contributed by atoms with E-state index in [4.69, 9.17) is 9.47 Å². The summed E-state index contributed by atoms with van der Waals surface area (Å²) in [7, 11) is 0. The summed E-state index contributed by atoms with van der Waals surface area (Å²) in [4.78, 5) is 2.29. The number of benzene rings is 2. The molecule has 0 saturated heterocycles. The first-order valence-corrected chi connectivity index (χ1v) is 7.49. The Morgan fingerprint density at radius 2 is 1.43 bits per heavy atom. The molecule has 112 valence electrons. The predicted molar refractivity (Wildman–Crippen MR) is 87.4 cm³/mol. The smallest absolute Gasteiger partial charge is 0.161 e. The van der Waals surface area contributed by atoms with E-state index in [-0.39, 0.29) is 0 Å². The summed E-state index contributed by atoms with van der Waals surface area (Å²) in [5.41, 5.74) is 1.22. The summed E-state index contributed by atoms with van der Waals surface area (Å²) in [5.74, 6) is 1.62. The van der Waals surface area contributed by atoms with E-state index in [0.717, 1.165) is 24.6 Å². The lowest BCUT2D eigenvalue weighted by Crippen LogP contribution is -2.28. The molecule has 0 radical (unpaired) electrons. The fraction of sp³-hybridized carbons (Fsp3) is 0.333. The molecular weight excluding hydrogens is 262 g/mol. The number of hydrogen-bond acceptors (Lipinski definition) is 3. The molecule has 21 heavy (non-hydrogen) atoms. The summed E-state index contributed by atoms with van der Waals surface area (Å²) in [5, 5.41) is 0. The molecule has 0 fully saturated rings. The molecule has 3 heteroatoms. The van der Waals surface area contributed by atoms with Gasteiger partial charge in [0.05, 0.1) is 13.2 Å². The number of hydrogen-bond donors (Lipinski definition) is 0. The molecule has 0 atom stereocenters. The number of ether oxygens (including phenoxy) is 2. The molecule has 0 aliphatic rings. The molecule has 0 saturated carbocycles. The predicted octanol–water partition coefficient (Wildman–Crippen LogP) is 3.99. The van der Waals surface area contributed by atoms with Gasteiger partial charge in [-0.1, -0.05) is 30.3 Å². The molecule has 3 nitrogen and oxygen atoms in total. The second kappa shape index (κ2) is 8.20. The highest BCUT2D eigenvalue weighted by Crippen LogP contribution is 2.26. The average Bonchev–Trinajstić information content (AvgIpc) is 2.54. The third-order valence-electron chi connectivity index (χ3n) is 3.27. The van der Waals surface area contributed by atoms with Crippen LogP contribution in [0.3, 0.4) is 0 Å². The summed E-state index contributed by atoms with van der Waals surface area (Å²) < 4.78 is 11.4. The fourth-order valence-corrected chi connectivity index (χ4v) is 2.22. The number of nitrogens with zero attached hydrogens (tertiary/aromatic N) is 1. The highest BCUT2D eigenvalue weighted by Gasteiger charge is 2.06. The zero-order valence-corrected chi connectivity index (χ0v) is 12.8. The van der Waals surface area contributed by atoms with Crippen LogP contribution in [0.15, 0.2) is 54.6 Å². The Kier molecular flexibility index (Phi) is 5.95. The Morgan fingerprint density at radius 3 is 2.05 bits per heavy atom. The van der Waals surface area contributed by atoms with Crippen molar-refractivity contribution >= 4 is 5.69 Å². The van der Waals surface area contributed by atoms with Crippen LogP contribution in [0.5, 0.6) is 11.5 Å². The van der Waals surface area contributed by atoms with E-state index in [0.29, 0.717) is 13.2 Å². The molecule has 2 aromatic rings. The third kappa shape index (κ3) is 4.42. The van der Waals surface area contributed by atoms with Crippen LogP contribution in [0, 0.1) is 0 Å². The Bertz CT molecular complexity index is 528. The largest absolute Gasteiger partial charge is 0.490 e. The number of para-hydroxylation sites is 3. The molecule has 0 heterocycles.